The molecule has 1 atom stereocenters. The van der Waals surface area contributed by atoms with E-state index in [2.05, 4.69) is 15.9 Å². The molecule has 92 valence electrons. The minimum absolute atomic E-state index is 0. The smallest absolute Gasteiger partial charge is 0.240 e. The summed E-state index contributed by atoms with van der Waals surface area (Å²) in [6, 6.07) is 0.645. The maximum Gasteiger partial charge on any atom is 0.240 e. The number of hydrogen-bond donors (Lipinski definition) is 1. The molecule has 1 aromatic rings. The minimum atomic E-state index is -2.69. The van der Waals surface area contributed by atoms with Crippen LogP contribution in [-0.2, 0) is 0 Å². The molecule has 0 aromatic heterocycles. The van der Waals surface area contributed by atoms with Crippen LogP contribution in [0.25, 0.3) is 0 Å². The molecule has 0 aliphatic rings. The Kier molecular flexibility index (Phi) is 6.28. The Morgan fingerprint density at radius 3 is 2.00 bits per heavy atom. The molecule has 16 heavy (non-hydrogen) atoms. The normalized spacial score (nSPS) is 12.4. The van der Waals surface area contributed by atoms with Crippen molar-refractivity contribution in [1.29, 1.82) is 0 Å². The van der Waals surface area contributed by atoms with E-state index in [1.807, 2.05) is 0 Å². The van der Waals surface area contributed by atoms with Crippen molar-refractivity contribution in [3.05, 3.63) is 33.8 Å². The summed E-state index contributed by atoms with van der Waals surface area (Å²) in [5, 5.41) is 0. The predicted molar refractivity (Wildman–Crippen MR) is 58.9 cm³/mol. The molecule has 1 rings (SSSR count). The van der Waals surface area contributed by atoms with Crippen LogP contribution in [0.5, 0.6) is 0 Å². The van der Waals surface area contributed by atoms with Gasteiger partial charge in [-0.15, -0.1) is 12.4 Å². The first-order valence-corrected chi connectivity index (χ1v) is 4.89. The molecule has 2 N–H and O–H groups in total. The van der Waals surface area contributed by atoms with Crippen molar-refractivity contribution < 1.29 is 17.6 Å². The van der Waals surface area contributed by atoms with Crippen molar-refractivity contribution in [2.24, 2.45) is 5.73 Å². The molecule has 0 aliphatic carbocycles. The number of nitrogens with two attached hydrogens (primary N) is 1. The van der Waals surface area contributed by atoms with Gasteiger partial charge in [-0.05, 0) is 12.1 Å². The second-order valence-corrected chi connectivity index (χ2v) is 3.93. The molecule has 0 bridgehead atoms. The average molecular weight is 323 g/mol. The Balaban J connectivity index is 0.00000225. The van der Waals surface area contributed by atoms with Crippen molar-refractivity contribution in [2.45, 2.75) is 18.9 Å². The van der Waals surface area contributed by atoms with Gasteiger partial charge in [-0.1, -0.05) is 15.9 Å². The lowest BCUT2D eigenvalue weighted by molar-refractivity contribution is 0.127. The topological polar surface area (TPSA) is 26.0 Å². The van der Waals surface area contributed by atoms with Gasteiger partial charge in [-0.25, -0.2) is 17.6 Å². The standard InChI is InChI=1S/C9H8BrF4N.ClH/c10-4-1-5(11)9(6(12)2-4)7(15)3-8(13)14;/h1-2,7-8H,3,15H2;1H/t7-;/m1./s1. The molecule has 0 aliphatic heterocycles. The lowest BCUT2D eigenvalue weighted by atomic mass is 10.0. The highest BCUT2D eigenvalue weighted by molar-refractivity contribution is 9.10. The monoisotopic (exact) mass is 321 g/mol. The van der Waals surface area contributed by atoms with E-state index in [0.29, 0.717) is 0 Å². The molecule has 0 radical (unpaired) electrons. The summed E-state index contributed by atoms with van der Waals surface area (Å²) in [4.78, 5) is 0. The van der Waals surface area contributed by atoms with Crippen molar-refractivity contribution in [2.75, 3.05) is 0 Å². The van der Waals surface area contributed by atoms with Crippen molar-refractivity contribution in [1.82, 2.24) is 0 Å². The van der Waals surface area contributed by atoms with E-state index in [9.17, 15) is 17.6 Å². The third kappa shape index (κ3) is 3.92. The van der Waals surface area contributed by atoms with E-state index in [-0.39, 0.29) is 16.9 Å². The van der Waals surface area contributed by atoms with Gasteiger partial charge in [0.15, 0.2) is 0 Å². The number of halogens is 6. The zero-order valence-electron chi connectivity index (χ0n) is 7.89. The van der Waals surface area contributed by atoms with Crippen LogP contribution >= 0.6 is 28.3 Å². The van der Waals surface area contributed by atoms with E-state index in [1.165, 1.54) is 0 Å². The maximum atomic E-state index is 13.2. The van der Waals surface area contributed by atoms with Gasteiger partial charge in [0.1, 0.15) is 11.6 Å². The van der Waals surface area contributed by atoms with E-state index < -0.39 is 36.1 Å². The molecule has 0 fully saturated rings. The van der Waals surface area contributed by atoms with Crippen molar-refractivity contribution in [3.63, 3.8) is 0 Å². The zero-order chi connectivity index (χ0) is 11.6. The van der Waals surface area contributed by atoms with E-state index in [1.54, 1.807) is 0 Å². The Morgan fingerprint density at radius 1 is 1.19 bits per heavy atom. The third-order valence-electron chi connectivity index (χ3n) is 1.85. The van der Waals surface area contributed by atoms with E-state index in [4.69, 9.17) is 5.73 Å². The lowest BCUT2D eigenvalue weighted by Gasteiger charge is -2.13. The SMILES string of the molecule is Cl.N[C@H](CC(F)F)c1c(F)cc(Br)cc1F. The average Bonchev–Trinajstić information content (AvgIpc) is 1.99. The summed E-state index contributed by atoms with van der Waals surface area (Å²) < 4.78 is 50.6. The highest BCUT2D eigenvalue weighted by Crippen LogP contribution is 2.26. The molecule has 0 unspecified atom stereocenters. The summed E-state index contributed by atoms with van der Waals surface area (Å²) >= 11 is 2.88. The van der Waals surface area contributed by atoms with Crippen LogP contribution in [0.3, 0.4) is 0 Å². The van der Waals surface area contributed by atoms with Gasteiger partial charge in [-0.2, -0.15) is 0 Å². The summed E-state index contributed by atoms with van der Waals surface area (Å²) in [6.07, 6.45) is -3.46. The molecule has 0 spiro atoms. The summed E-state index contributed by atoms with van der Waals surface area (Å²) in [5.41, 5.74) is 4.77. The fourth-order valence-corrected chi connectivity index (χ4v) is 1.62. The number of hydrogen-bond acceptors (Lipinski definition) is 1. The van der Waals surface area contributed by atoms with Crippen molar-refractivity contribution in [3.8, 4) is 0 Å². The molecule has 1 nitrogen and oxygen atoms in total. The first kappa shape index (κ1) is 15.7. The fraction of sp³-hybridized carbons (Fsp3) is 0.333. The van der Waals surface area contributed by atoms with Gasteiger partial charge < -0.3 is 5.73 Å². The molecular weight excluding hydrogens is 313 g/mol. The Hall–Kier alpha value is -0.330. The quantitative estimate of drug-likeness (QED) is 0.842. The zero-order valence-corrected chi connectivity index (χ0v) is 10.3. The van der Waals surface area contributed by atoms with Crippen LogP contribution in [0.4, 0.5) is 17.6 Å². The van der Waals surface area contributed by atoms with Crippen LogP contribution < -0.4 is 5.73 Å². The molecule has 1 aromatic carbocycles. The van der Waals surface area contributed by atoms with Crippen molar-refractivity contribution >= 4 is 28.3 Å². The fourth-order valence-electron chi connectivity index (χ4n) is 1.22. The van der Waals surface area contributed by atoms with Crippen LogP contribution in [-0.4, -0.2) is 6.43 Å². The van der Waals surface area contributed by atoms with Crippen LogP contribution in [0.15, 0.2) is 16.6 Å². The van der Waals surface area contributed by atoms with Gasteiger partial charge in [0.25, 0.3) is 0 Å². The van der Waals surface area contributed by atoms with Gasteiger partial charge in [0, 0.05) is 22.5 Å². The summed E-state index contributed by atoms with van der Waals surface area (Å²) in [6.45, 7) is 0. The highest BCUT2D eigenvalue weighted by atomic mass is 79.9. The number of alkyl halides is 2. The summed E-state index contributed by atoms with van der Waals surface area (Å²) in [5.74, 6) is -1.84. The van der Waals surface area contributed by atoms with Gasteiger partial charge in [-0.3, -0.25) is 0 Å². The molecule has 0 amide bonds. The highest BCUT2D eigenvalue weighted by Gasteiger charge is 2.20. The minimum Gasteiger partial charge on any atom is -0.324 e. The number of benzene rings is 1. The first-order valence-electron chi connectivity index (χ1n) is 4.10. The third-order valence-corrected chi connectivity index (χ3v) is 2.30. The molecule has 0 saturated carbocycles. The van der Waals surface area contributed by atoms with Crippen LogP contribution in [0.2, 0.25) is 0 Å². The molecule has 0 heterocycles. The molecule has 0 saturated heterocycles. The van der Waals surface area contributed by atoms with E-state index in [0.717, 1.165) is 12.1 Å². The Morgan fingerprint density at radius 2 is 1.62 bits per heavy atom. The van der Waals surface area contributed by atoms with Crippen LogP contribution in [0, 0.1) is 11.6 Å². The number of rotatable bonds is 3. The van der Waals surface area contributed by atoms with Crippen LogP contribution in [0.1, 0.15) is 18.0 Å². The first-order chi connectivity index (χ1) is 6.91. The van der Waals surface area contributed by atoms with Gasteiger partial charge in [0.2, 0.25) is 6.43 Å². The summed E-state index contributed by atoms with van der Waals surface area (Å²) in [7, 11) is 0. The Bertz CT molecular complexity index is 338. The molecular formula is C9H9BrClF4N. The maximum absolute atomic E-state index is 13.2. The Labute approximate surface area is 105 Å². The van der Waals surface area contributed by atoms with Gasteiger partial charge >= 0.3 is 0 Å². The second-order valence-electron chi connectivity index (χ2n) is 3.02. The van der Waals surface area contributed by atoms with Gasteiger partial charge in [0.05, 0.1) is 0 Å². The largest absolute Gasteiger partial charge is 0.324 e. The van der Waals surface area contributed by atoms with E-state index >= 15 is 0 Å². The predicted octanol–water partition coefficient (Wildman–Crippen LogP) is 3.80. The second kappa shape index (κ2) is 6.42. The lowest BCUT2D eigenvalue weighted by Crippen LogP contribution is -2.17. The molecule has 7 heteroatoms.